The van der Waals surface area contributed by atoms with Crippen LogP contribution in [0.4, 0.5) is 13.6 Å². The van der Waals surface area contributed by atoms with Gasteiger partial charge in [-0.05, 0) is 30.5 Å². The van der Waals surface area contributed by atoms with Gasteiger partial charge in [-0.3, -0.25) is 14.5 Å². The number of carbonyl (C=O) groups is 3. The molecular formula is C21H27F2N3O4. The first-order chi connectivity index (χ1) is 14.3. The number of nitrogens with one attached hydrogen (secondary N) is 1. The number of halogens is 2. The highest BCUT2D eigenvalue weighted by Gasteiger charge is 2.50. The molecule has 1 aliphatic heterocycles. The van der Waals surface area contributed by atoms with Gasteiger partial charge < -0.3 is 15.0 Å². The minimum Gasteiger partial charge on any atom is -0.435 e. The van der Waals surface area contributed by atoms with Crippen molar-refractivity contribution >= 4 is 17.8 Å². The van der Waals surface area contributed by atoms with Gasteiger partial charge in [-0.15, -0.1) is 0 Å². The van der Waals surface area contributed by atoms with Crippen LogP contribution in [0.1, 0.15) is 50.5 Å². The summed E-state index contributed by atoms with van der Waals surface area (Å²) in [5, 5.41) is 2.84. The molecule has 7 nitrogen and oxygen atoms in total. The van der Waals surface area contributed by atoms with Gasteiger partial charge in [0.15, 0.2) is 0 Å². The van der Waals surface area contributed by atoms with Gasteiger partial charge in [0.2, 0.25) is 5.91 Å². The molecule has 4 amide bonds. The molecule has 1 aromatic carbocycles. The fourth-order valence-corrected chi connectivity index (χ4v) is 4.06. The molecule has 3 rings (SSSR count). The van der Waals surface area contributed by atoms with Crippen LogP contribution in [0.3, 0.4) is 0 Å². The predicted octanol–water partition coefficient (Wildman–Crippen LogP) is 3.28. The Morgan fingerprint density at radius 3 is 2.33 bits per heavy atom. The van der Waals surface area contributed by atoms with Crippen molar-refractivity contribution in [1.29, 1.82) is 0 Å². The Bertz CT molecular complexity index is 777. The molecule has 1 saturated heterocycles. The summed E-state index contributed by atoms with van der Waals surface area (Å²) in [5.41, 5.74) is -0.169. The summed E-state index contributed by atoms with van der Waals surface area (Å²) in [6.45, 7) is -3.01. The summed E-state index contributed by atoms with van der Waals surface area (Å²) >= 11 is 0. The second-order valence-corrected chi connectivity index (χ2v) is 7.94. The molecule has 0 atom stereocenters. The van der Waals surface area contributed by atoms with Crippen molar-refractivity contribution in [2.45, 2.75) is 63.6 Å². The molecule has 2 aliphatic rings. The third kappa shape index (κ3) is 5.06. The van der Waals surface area contributed by atoms with E-state index in [1.807, 2.05) is 0 Å². The Labute approximate surface area is 174 Å². The molecule has 0 bridgehead atoms. The molecule has 30 heavy (non-hydrogen) atoms. The summed E-state index contributed by atoms with van der Waals surface area (Å²) < 4.78 is 28.8. The molecule has 2 fully saturated rings. The van der Waals surface area contributed by atoms with Crippen molar-refractivity contribution in [3.8, 4) is 5.75 Å². The van der Waals surface area contributed by atoms with E-state index >= 15 is 0 Å². The fourth-order valence-electron chi connectivity index (χ4n) is 4.06. The number of hydrogen-bond acceptors (Lipinski definition) is 4. The Hall–Kier alpha value is -2.71. The van der Waals surface area contributed by atoms with E-state index in [4.69, 9.17) is 0 Å². The standard InChI is InChI=1S/C21H27F2N3O4/c1-25(13-15-7-9-16(10-8-15)30-19(22)23)17(27)14-26-18(28)21(24-20(26)29)11-5-3-2-4-6-12-21/h7-10,19H,2-6,11-14H2,1H3,(H,24,29). The molecule has 0 aromatic heterocycles. The normalized spacial score (nSPS) is 18.9. The van der Waals surface area contributed by atoms with E-state index in [-0.39, 0.29) is 30.7 Å². The van der Waals surface area contributed by atoms with Crippen LogP contribution in [0.5, 0.6) is 5.75 Å². The van der Waals surface area contributed by atoms with E-state index < -0.39 is 18.2 Å². The Morgan fingerprint density at radius 2 is 1.73 bits per heavy atom. The third-order valence-corrected chi connectivity index (χ3v) is 5.74. The van der Waals surface area contributed by atoms with E-state index in [1.165, 1.54) is 17.0 Å². The molecule has 1 spiro atoms. The van der Waals surface area contributed by atoms with Crippen molar-refractivity contribution < 1.29 is 27.9 Å². The van der Waals surface area contributed by atoms with Crippen LogP contribution in [-0.4, -0.2) is 53.4 Å². The maximum absolute atomic E-state index is 13.0. The number of ether oxygens (including phenoxy) is 1. The van der Waals surface area contributed by atoms with Gasteiger partial charge in [0.25, 0.3) is 5.91 Å². The fraction of sp³-hybridized carbons (Fsp3) is 0.571. The molecule has 1 N–H and O–H groups in total. The lowest BCUT2D eigenvalue weighted by molar-refractivity contribution is -0.139. The number of likely N-dealkylation sites (N-methyl/N-ethyl adjacent to an activating group) is 1. The molecule has 0 unspecified atom stereocenters. The van der Waals surface area contributed by atoms with Gasteiger partial charge in [-0.25, -0.2) is 4.79 Å². The maximum Gasteiger partial charge on any atom is 0.387 e. The average Bonchev–Trinajstić information content (AvgIpc) is 2.91. The van der Waals surface area contributed by atoms with Crippen molar-refractivity contribution in [2.24, 2.45) is 0 Å². The number of nitrogens with zero attached hydrogens (tertiary/aromatic N) is 2. The lowest BCUT2D eigenvalue weighted by Gasteiger charge is -2.28. The van der Waals surface area contributed by atoms with Gasteiger partial charge >= 0.3 is 12.6 Å². The Balaban J connectivity index is 1.59. The monoisotopic (exact) mass is 423 g/mol. The van der Waals surface area contributed by atoms with Crippen LogP contribution in [0, 0.1) is 0 Å². The second-order valence-electron chi connectivity index (χ2n) is 7.94. The Morgan fingerprint density at radius 1 is 1.13 bits per heavy atom. The van der Waals surface area contributed by atoms with E-state index in [9.17, 15) is 23.2 Å². The number of imide groups is 1. The molecule has 1 saturated carbocycles. The average molecular weight is 423 g/mol. The lowest BCUT2D eigenvalue weighted by Crippen LogP contribution is -2.48. The first-order valence-electron chi connectivity index (χ1n) is 10.2. The summed E-state index contributed by atoms with van der Waals surface area (Å²) in [5.74, 6) is -0.662. The van der Waals surface area contributed by atoms with Crippen molar-refractivity contribution in [1.82, 2.24) is 15.1 Å². The van der Waals surface area contributed by atoms with Crippen molar-refractivity contribution in [2.75, 3.05) is 13.6 Å². The van der Waals surface area contributed by atoms with Crippen LogP contribution in [0.15, 0.2) is 24.3 Å². The van der Waals surface area contributed by atoms with Gasteiger partial charge in [0.05, 0.1) is 0 Å². The van der Waals surface area contributed by atoms with E-state index in [0.29, 0.717) is 18.4 Å². The van der Waals surface area contributed by atoms with Gasteiger partial charge in [-0.2, -0.15) is 8.78 Å². The molecular weight excluding hydrogens is 396 g/mol. The number of benzene rings is 1. The molecule has 1 aliphatic carbocycles. The van der Waals surface area contributed by atoms with Gasteiger partial charge in [0.1, 0.15) is 17.8 Å². The zero-order valence-electron chi connectivity index (χ0n) is 17.0. The molecule has 9 heteroatoms. The van der Waals surface area contributed by atoms with Gasteiger partial charge in [-0.1, -0.05) is 44.2 Å². The number of alkyl halides is 2. The zero-order chi connectivity index (χ0) is 21.7. The molecule has 1 aromatic rings. The molecule has 1 heterocycles. The van der Waals surface area contributed by atoms with Crippen LogP contribution in [-0.2, 0) is 16.1 Å². The van der Waals surface area contributed by atoms with E-state index in [1.54, 1.807) is 19.2 Å². The topological polar surface area (TPSA) is 79.0 Å². The highest BCUT2D eigenvalue weighted by atomic mass is 19.3. The highest BCUT2D eigenvalue weighted by molar-refractivity contribution is 6.09. The van der Waals surface area contributed by atoms with Gasteiger partial charge in [0, 0.05) is 13.6 Å². The van der Waals surface area contributed by atoms with Crippen LogP contribution in [0.2, 0.25) is 0 Å². The smallest absolute Gasteiger partial charge is 0.387 e. The molecule has 0 radical (unpaired) electrons. The number of rotatable bonds is 6. The Kier molecular flexibility index (Phi) is 6.89. The van der Waals surface area contributed by atoms with Crippen LogP contribution < -0.4 is 10.1 Å². The number of carbonyl (C=O) groups excluding carboxylic acids is 3. The lowest BCUT2D eigenvalue weighted by atomic mass is 9.84. The first kappa shape index (κ1) is 22.0. The second kappa shape index (κ2) is 9.40. The minimum absolute atomic E-state index is 0.0339. The summed E-state index contributed by atoms with van der Waals surface area (Å²) in [6, 6.07) is 5.44. The zero-order valence-corrected chi connectivity index (χ0v) is 17.0. The summed E-state index contributed by atoms with van der Waals surface area (Å²) in [4.78, 5) is 40.5. The van der Waals surface area contributed by atoms with E-state index in [0.717, 1.165) is 37.0 Å². The predicted molar refractivity (Wildman–Crippen MR) is 105 cm³/mol. The highest BCUT2D eigenvalue weighted by Crippen LogP contribution is 2.32. The summed E-state index contributed by atoms with van der Waals surface area (Å²) in [6.07, 6.45) is 6.16. The number of amides is 4. The third-order valence-electron chi connectivity index (χ3n) is 5.74. The quantitative estimate of drug-likeness (QED) is 0.713. The minimum atomic E-state index is -2.90. The first-order valence-corrected chi connectivity index (χ1v) is 10.2. The number of hydrogen-bond donors (Lipinski definition) is 1. The van der Waals surface area contributed by atoms with Crippen LogP contribution >= 0.6 is 0 Å². The van der Waals surface area contributed by atoms with Crippen molar-refractivity contribution in [3.05, 3.63) is 29.8 Å². The summed E-state index contributed by atoms with van der Waals surface area (Å²) in [7, 11) is 1.57. The maximum atomic E-state index is 13.0. The van der Waals surface area contributed by atoms with Crippen molar-refractivity contribution in [3.63, 3.8) is 0 Å². The van der Waals surface area contributed by atoms with Crippen LogP contribution in [0.25, 0.3) is 0 Å². The number of urea groups is 1. The SMILES string of the molecule is CN(Cc1ccc(OC(F)F)cc1)C(=O)CN1C(=O)NC2(CCCCCCC2)C1=O. The van der Waals surface area contributed by atoms with E-state index in [2.05, 4.69) is 10.1 Å². The molecule has 164 valence electrons. The largest absolute Gasteiger partial charge is 0.435 e.